The van der Waals surface area contributed by atoms with Gasteiger partial charge in [-0.25, -0.2) is 12.3 Å². The van der Waals surface area contributed by atoms with Crippen LogP contribution in [0.3, 0.4) is 0 Å². The minimum atomic E-state index is 0. The van der Waals surface area contributed by atoms with E-state index < -0.39 is 0 Å². The van der Waals surface area contributed by atoms with Crippen molar-refractivity contribution >= 4 is 0 Å². The predicted octanol–water partition coefficient (Wildman–Crippen LogP) is 7.35. The summed E-state index contributed by atoms with van der Waals surface area (Å²) in [6, 6.07) is 1.81. The van der Waals surface area contributed by atoms with E-state index in [1.54, 1.807) is 0 Å². The van der Waals surface area contributed by atoms with E-state index in [-0.39, 0.29) is 29.1 Å². The van der Waals surface area contributed by atoms with Gasteiger partial charge in [0.2, 0.25) is 0 Å². The van der Waals surface area contributed by atoms with Crippen LogP contribution in [0.4, 0.5) is 0 Å². The standard InChI is InChI=1S/2C10H22N2.Co/c2*1-6-8(3)11-10(5)12-9(4)7-2;/h2*8-10H,6-7H2,1-5H3;/q2*-2;. The Morgan fingerprint density at radius 3 is 0.720 bits per heavy atom. The summed E-state index contributed by atoms with van der Waals surface area (Å²) in [5, 5.41) is 18.1. The molecule has 1 radical (unpaired) electrons. The van der Waals surface area contributed by atoms with Crippen LogP contribution in [-0.2, 0) is 16.8 Å². The molecule has 0 amide bonds. The Morgan fingerprint density at radius 1 is 0.440 bits per heavy atom. The van der Waals surface area contributed by atoms with Gasteiger partial charge < -0.3 is 21.3 Å². The average Bonchev–Trinajstić information content (AvgIpc) is 2.54. The molecule has 0 aliphatic rings. The van der Waals surface area contributed by atoms with Crippen molar-refractivity contribution < 1.29 is 16.8 Å². The minimum absolute atomic E-state index is 0. The van der Waals surface area contributed by atoms with Gasteiger partial charge in [0.25, 0.3) is 0 Å². The third-order valence-corrected chi connectivity index (χ3v) is 4.24. The summed E-state index contributed by atoms with van der Waals surface area (Å²) < 4.78 is 0. The van der Waals surface area contributed by atoms with E-state index in [1.807, 2.05) is 0 Å². The summed E-state index contributed by atoms with van der Waals surface area (Å²) in [5.74, 6) is 0. The second kappa shape index (κ2) is 19.1. The van der Waals surface area contributed by atoms with Crippen molar-refractivity contribution in [3.05, 3.63) is 21.3 Å². The molecule has 157 valence electrons. The number of hydrogen-bond donors (Lipinski definition) is 0. The molecule has 0 heterocycles. The molecule has 0 saturated carbocycles. The van der Waals surface area contributed by atoms with Crippen LogP contribution >= 0.6 is 0 Å². The van der Waals surface area contributed by atoms with Gasteiger partial charge in [-0.3, -0.25) is 0 Å². The summed E-state index contributed by atoms with van der Waals surface area (Å²) >= 11 is 0. The molecule has 0 aromatic heterocycles. The molecule has 0 aliphatic heterocycles. The molecule has 0 N–H and O–H groups in total. The van der Waals surface area contributed by atoms with Crippen LogP contribution in [0.15, 0.2) is 0 Å². The van der Waals surface area contributed by atoms with Gasteiger partial charge in [-0.2, -0.15) is 0 Å². The fourth-order valence-electron chi connectivity index (χ4n) is 1.97. The molecule has 4 unspecified atom stereocenters. The Labute approximate surface area is 169 Å². The first kappa shape index (κ1) is 30.1. The van der Waals surface area contributed by atoms with Gasteiger partial charge in [0.05, 0.1) is 0 Å². The molecule has 0 aliphatic carbocycles. The molecular weight excluding hydrogens is 355 g/mol. The summed E-state index contributed by atoms with van der Waals surface area (Å²) in [4.78, 5) is 0. The molecule has 0 bridgehead atoms. The summed E-state index contributed by atoms with van der Waals surface area (Å²) in [7, 11) is 0. The Morgan fingerprint density at radius 2 is 0.600 bits per heavy atom. The smallest absolute Gasteiger partial charge is 0 e. The summed E-state index contributed by atoms with van der Waals surface area (Å²) in [5.41, 5.74) is 0. The fraction of sp³-hybridized carbons (Fsp3) is 1.00. The zero-order valence-corrected chi connectivity index (χ0v) is 19.5. The van der Waals surface area contributed by atoms with Crippen LogP contribution in [-0.4, -0.2) is 36.5 Å². The van der Waals surface area contributed by atoms with Gasteiger partial charge in [0.15, 0.2) is 0 Å². The molecule has 4 atom stereocenters. The molecular formula is C20H44CoN4-4. The van der Waals surface area contributed by atoms with Crippen LogP contribution < -0.4 is 0 Å². The monoisotopic (exact) mass is 399 g/mol. The molecule has 0 aromatic carbocycles. The van der Waals surface area contributed by atoms with Crippen LogP contribution in [0.25, 0.3) is 21.3 Å². The molecule has 0 rings (SSSR count). The van der Waals surface area contributed by atoms with E-state index >= 15 is 0 Å². The second-order valence-corrected chi connectivity index (χ2v) is 6.89. The van der Waals surface area contributed by atoms with E-state index in [0.29, 0.717) is 24.2 Å². The van der Waals surface area contributed by atoms with Gasteiger partial charge in [0, 0.05) is 16.8 Å². The van der Waals surface area contributed by atoms with Crippen molar-refractivity contribution in [3.8, 4) is 0 Å². The number of nitrogens with zero attached hydrogens (tertiary/aromatic N) is 4. The topological polar surface area (TPSA) is 56.4 Å². The maximum absolute atomic E-state index is 4.52. The maximum Gasteiger partial charge on any atom is 0 e. The van der Waals surface area contributed by atoms with Gasteiger partial charge in [0.1, 0.15) is 0 Å². The zero-order valence-electron chi connectivity index (χ0n) is 18.4. The number of hydrogen-bond acceptors (Lipinski definition) is 0. The SMILES string of the molecule is CCC(C)[N-]C(C)[N-]C(C)CC.CCC(C)[N-]C(C)[N-]C(C)CC.[Co]. The van der Waals surface area contributed by atoms with Crippen LogP contribution in [0.1, 0.15) is 94.9 Å². The second-order valence-electron chi connectivity index (χ2n) is 6.89. The predicted molar refractivity (Wildman–Crippen MR) is 111 cm³/mol. The van der Waals surface area contributed by atoms with Crippen LogP contribution in [0.2, 0.25) is 0 Å². The summed E-state index contributed by atoms with van der Waals surface area (Å²) in [6.45, 7) is 21.3. The van der Waals surface area contributed by atoms with Crippen molar-refractivity contribution in [2.75, 3.05) is 0 Å². The molecule has 0 spiro atoms. The Kier molecular flexibility index (Phi) is 23.0. The molecule has 5 heteroatoms. The third-order valence-electron chi connectivity index (χ3n) is 4.24. The molecule has 25 heavy (non-hydrogen) atoms. The molecule has 0 fully saturated rings. The van der Waals surface area contributed by atoms with Crippen LogP contribution in [0.5, 0.6) is 0 Å². The van der Waals surface area contributed by atoms with Gasteiger partial charge in [-0.05, 0) is 0 Å². The van der Waals surface area contributed by atoms with Crippen molar-refractivity contribution in [2.24, 2.45) is 0 Å². The Balaban J connectivity index is -0.000000372. The van der Waals surface area contributed by atoms with Gasteiger partial charge in [-0.15, -0.1) is 38.0 Å². The minimum Gasteiger partial charge on any atom is -0.676 e. The molecule has 0 aromatic rings. The van der Waals surface area contributed by atoms with Crippen molar-refractivity contribution in [2.45, 2.75) is 131 Å². The summed E-state index contributed by atoms with van der Waals surface area (Å²) in [6.07, 6.45) is 4.80. The maximum atomic E-state index is 4.52. The van der Waals surface area contributed by atoms with Crippen molar-refractivity contribution in [3.63, 3.8) is 0 Å². The quantitative estimate of drug-likeness (QED) is 0.329. The van der Waals surface area contributed by atoms with E-state index in [4.69, 9.17) is 0 Å². The van der Waals surface area contributed by atoms with E-state index in [1.165, 1.54) is 0 Å². The van der Waals surface area contributed by atoms with E-state index in [9.17, 15) is 0 Å². The first-order valence-corrected chi connectivity index (χ1v) is 9.99. The third kappa shape index (κ3) is 20.5. The van der Waals surface area contributed by atoms with E-state index in [0.717, 1.165) is 25.7 Å². The van der Waals surface area contributed by atoms with Crippen molar-refractivity contribution in [1.82, 2.24) is 0 Å². The van der Waals surface area contributed by atoms with Gasteiger partial charge in [-0.1, -0.05) is 81.1 Å². The Hall–Kier alpha value is 0.346. The average molecular weight is 400 g/mol. The van der Waals surface area contributed by atoms with E-state index in [2.05, 4.69) is 90.5 Å². The molecule has 0 saturated heterocycles. The number of rotatable bonds is 12. The van der Waals surface area contributed by atoms with Crippen LogP contribution in [0, 0.1) is 0 Å². The van der Waals surface area contributed by atoms with Crippen molar-refractivity contribution in [1.29, 1.82) is 0 Å². The largest absolute Gasteiger partial charge is 0.676 e. The normalized spacial score (nSPS) is 18.0. The first-order chi connectivity index (χ1) is 11.2. The van der Waals surface area contributed by atoms with Gasteiger partial charge >= 0.3 is 0 Å². The molecule has 4 nitrogen and oxygen atoms in total. The fourth-order valence-corrected chi connectivity index (χ4v) is 1.97. The Bertz CT molecular complexity index is 216. The zero-order chi connectivity index (χ0) is 19.1. The first-order valence-electron chi connectivity index (χ1n) is 9.99.